The van der Waals surface area contributed by atoms with Crippen molar-refractivity contribution >= 4 is 23.4 Å². The molecule has 8 heteroatoms. The number of primary amides is 1. The maximum atomic E-state index is 13.7. The van der Waals surface area contributed by atoms with E-state index in [1.807, 2.05) is 0 Å². The van der Waals surface area contributed by atoms with Crippen molar-refractivity contribution in [3.8, 4) is 11.3 Å². The molecule has 0 bridgehead atoms. The number of benzene rings is 1. The summed E-state index contributed by atoms with van der Waals surface area (Å²) in [5.41, 5.74) is 6.59. The zero-order chi connectivity index (χ0) is 19.6. The minimum atomic E-state index is -0.875. The predicted molar refractivity (Wildman–Crippen MR) is 98.6 cm³/mol. The lowest BCUT2D eigenvalue weighted by Gasteiger charge is -2.35. The largest absolute Gasteiger partial charge is 0.377 e. The summed E-state index contributed by atoms with van der Waals surface area (Å²) in [6.07, 6.45) is 1.25. The fourth-order valence-corrected chi connectivity index (χ4v) is 3.21. The molecule has 1 unspecified atom stereocenters. The van der Waals surface area contributed by atoms with E-state index in [0.717, 1.165) is 6.07 Å². The molecule has 1 aromatic heterocycles. The van der Waals surface area contributed by atoms with Crippen LogP contribution in [0.4, 0.5) is 4.39 Å². The first kappa shape index (κ1) is 19.0. The van der Waals surface area contributed by atoms with Crippen molar-refractivity contribution in [3.63, 3.8) is 0 Å². The average Bonchev–Trinajstić information content (AvgIpc) is 2.67. The molecule has 0 spiro atoms. The van der Waals surface area contributed by atoms with Gasteiger partial charge in [-0.3, -0.25) is 9.59 Å². The molecule has 1 fully saturated rings. The highest BCUT2D eigenvalue weighted by Crippen LogP contribution is 2.30. The van der Waals surface area contributed by atoms with Crippen LogP contribution in [0.2, 0.25) is 5.15 Å². The number of halogens is 2. The van der Waals surface area contributed by atoms with Gasteiger partial charge < -0.3 is 15.4 Å². The Morgan fingerprint density at radius 2 is 2.15 bits per heavy atom. The van der Waals surface area contributed by atoms with Crippen LogP contribution in [0.25, 0.3) is 11.3 Å². The van der Waals surface area contributed by atoms with Crippen molar-refractivity contribution in [1.82, 2.24) is 9.88 Å². The Hall–Kier alpha value is -2.77. The Morgan fingerprint density at radius 3 is 2.85 bits per heavy atom. The molecule has 0 radical (unpaired) electrons. The number of carbonyl (C=O) groups is 2. The van der Waals surface area contributed by atoms with Gasteiger partial charge in [0.15, 0.2) is 0 Å². The molecular formula is C19H17ClFN3O3. The smallest absolute Gasteiger partial charge is 0.251 e. The number of pyridine rings is 1. The standard InChI is InChI=1S/C19H17ClFN3O3/c1-2-18(25)24-5-6-27-10-16(24)12-8-15(23-17(20)9-12)11-3-4-14(21)13(7-11)19(22)26/h2-4,7-9,16H,1,5-6,10H2,(H2,22,26). The van der Waals surface area contributed by atoms with Crippen molar-refractivity contribution in [2.24, 2.45) is 5.73 Å². The number of hydrogen-bond donors (Lipinski definition) is 1. The van der Waals surface area contributed by atoms with E-state index in [9.17, 15) is 14.0 Å². The molecule has 140 valence electrons. The average molecular weight is 390 g/mol. The molecule has 2 heterocycles. The van der Waals surface area contributed by atoms with E-state index in [1.165, 1.54) is 18.2 Å². The van der Waals surface area contributed by atoms with Crippen molar-refractivity contribution in [1.29, 1.82) is 0 Å². The Morgan fingerprint density at radius 1 is 1.37 bits per heavy atom. The van der Waals surface area contributed by atoms with Crippen molar-refractivity contribution in [2.75, 3.05) is 19.8 Å². The molecule has 2 amide bonds. The van der Waals surface area contributed by atoms with E-state index in [2.05, 4.69) is 11.6 Å². The van der Waals surface area contributed by atoms with E-state index in [4.69, 9.17) is 22.1 Å². The topological polar surface area (TPSA) is 85.5 Å². The highest BCUT2D eigenvalue weighted by atomic mass is 35.5. The number of morpholine rings is 1. The monoisotopic (exact) mass is 389 g/mol. The maximum Gasteiger partial charge on any atom is 0.251 e. The molecule has 0 saturated carbocycles. The lowest BCUT2D eigenvalue weighted by Crippen LogP contribution is -2.42. The van der Waals surface area contributed by atoms with Gasteiger partial charge in [0.1, 0.15) is 11.0 Å². The van der Waals surface area contributed by atoms with Crippen molar-refractivity contribution in [2.45, 2.75) is 6.04 Å². The van der Waals surface area contributed by atoms with Gasteiger partial charge in [-0.15, -0.1) is 0 Å². The number of aromatic nitrogens is 1. The molecule has 1 aromatic carbocycles. The van der Waals surface area contributed by atoms with Gasteiger partial charge in [-0.2, -0.15) is 0 Å². The number of hydrogen-bond acceptors (Lipinski definition) is 4. The molecule has 1 aliphatic heterocycles. The molecular weight excluding hydrogens is 373 g/mol. The van der Waals surface area contributed by atoms with Crippen LogP contribution in [0, 0.1) is 5.82 Å². The number of amides is 2. The van der Waals surface area contributed by atoms with E-state index >= 15 is 0 Å². The third-order valence-electron chi connectivity index (χ3n) is 4.31. The molecule has 2 N–H and O–H groups in total. The van der Waals surface area contributed by atoms with Crippen LogP contribution in [0.15, 0.2) is 43.0 Å². The number of nitrogens with zero attached hydrogens (tertiary/aromatic N) is 2. The van der Waals surface area contributed by atoms with Gasteiger partial charge in [-0.05, 0) is 42.0 Å². The van der Waals surface area contributed by atoms with Gasteiger partial charge in [-0.25, -0.2) is 9.37 Å². The minimum absolute atomic E-state index is 0.198. The molecule has 3 rings (SSSR count). The first-order valence-corrected chi connectivity index (χ1v) is 8.56. The molecule has 1 atom stereocenters. The summed E-state index contributed by atoms with van der Waals surface area (Å²) < 4.78 is 19.3. The van der Waals surface area contributed by atoms with Crippen molar-refractivity contribution < 1.29 is 18.7 Å². The van der Waals surface area contributed by atoms with Gasteiger partial charge in [0.05, 0.1) is 30.5 Å². The molecule has 27 heavy (non-hydrogen) atoms. The molecule has 0 aliphatic carbocycles. The third-order valence-corrected chi connectivity index (χ3v) is 4.51. The Bertz CT molecular complexity index is 919. The van der Waals surface area contributed by atoms with Crippen LogP contribution in [0.3, 0.4) is 0 Å². The Labute approximate surface area is 160 Å². The fourth-order valence-electron chi connectivity index (χ4n) is 2.99. The summed E-state index contributed by atoms with van der Waals surface area (Å²) in [5, 5.41) is 0.198. The van der Waals surface area contributed by atoms with Crippen LogP contribution >= 0.6 is 11.6 Å². The number of nitrogens with two attached hydrogens (primary N) is 1. The predicted octanol–water partition coefficient (Wildman–Crippen LogP) is 2.73. The zero-order valence-corrected chi connectivity index (χ0v) is 15.1. The Balaban J connectivity index is 2.04. The fraction of sp³-hybridized carbons (Fsp3) is 0.211. The number of rotatable bonds is 4. The van der Waals surface area contributed by atoms with Crippen molar-refractivity contribution in [3.05, 3.63) is 65.1 Å². The highest BCUT2D eigenvalue weighted by molar-refractivity contribution is 6.29. The molecule has 1 saturated heterocycles. The number of ether oxygens (including phenoxy) is 1. The summed E-state index contributed by atoms with van der Waals surface area (Å²) >= 11 is 6.17. The maximum absolute atomic E-state index is 13.7. The van der Waals surface area contributed by atoms with Gasteiger partial charge in [0.25, 0.3) is 5.91 Å². The first-order chi connectivity index (χ1) is 12.9. The lowest BCUT2D eigenvalue weighted by atomic mass is 10.0. The van der Waals surface area contributed by atoms with Crippen LogP contribution in [-0.2, 0) is 9.53 Å². The van der Waals surface area contributed by atoms with Crippen LogP contribution in [0.5, 0.6) is 0 Å². The van der Waals surface area contributed by atoms with Crippen LogP contribution < -0.4 is 5.73 Å². The van der Waals surface area contributed by atoms with Gasteiger partial charge in [0, 0.05) is 12.1 Å². The summed E-state index contributed by atoms with van der Waals surface area (Å²) in [6.45, 7) is 4.69. The summed E-state index contributed by atoms with van der Waals surface area (Å²) in [5.74, 6) is -1.80. The lowest BCUT2D eigenvalue weighted by molar-refractivity contribution is -0.134. The summed E-state index contributed by atoms with van der Waals surface area (Å²) in [6, 6.07) is 6.96. The van der Waals surface area contributed by atoms with Gasteiger partial charge in [0.2, 0.25) is 5.91 Å². The number of carbonyl (C=O) groups excluding carboxylic acids is 2. The SMILES string of the molecule is C=CC(=O)N1CCOCC1c1cc(Cl)nc(-c2ccc(F)c(C(N)=O)c2)c1. The second-order valence-corrected chi connectivity index (χ2v) is 6.38. The van der Waals surface area contributed by atoms with Gasteiger partial charge in [-0.1, -0.05) is 18.2 Å². The first-order valence-electron chi connectivity index (χ1n) is 8.18. The van der Waals surface area contributed by atoms with E-state index in [-0.39, 0.29) is 22.7 Å². The molecule has 1 aliphatic rings. The highest BCUT2D eigenvalue weighted by Gasteiger charge is 2.28. The quantitative estimate of drug-likeness (QED) is 0.643. The second kappa shape index (κ2) is 7.85. The summed E-state index contributed by atoms with van der Waals surface area (Å²) in [7, 11) is 0. The van der Waals surface area contributed by atoms with E-state index in [1.54, 1.807) is 17.0 Å². The van der Waals surface area contributed by atoms with E-state index in [0.29, 0.717) is 36.6 Å². The minimum Gasteiger partial charge on any atom is -0.377 e. The zero-order valence-electron chi connectivity index (χ0n) is 14.3. The van der Waals surface area contributed by atoms with Crippen LogP contribution in [-0.4, -0.2) is 41.5 Å². The molecule has 6 nitrogen and oxygen atoms in total. The Kier molecular flexibility index (Phi) is 5.53. The second-order valence-electron chi connectivity index (χ2n) is 5.99. The van der Waals surface area contributed by atoms with E-state index < -0.39 is 11.7 Å². The van der Waals surface area contributed by atoms with Crippen LogP contribution in [0.1, 0.15) is 22.0 Å². The van der Waals surface area contributed by atoms with Gasteiger partial charge >= 0.3 is 0 Å². The normalized spacial score (nSPS) is 16.8. The third kappa shape index (κ3) is 3.99. The molecule has 2 aromatic rings. The summed E-state index contributed by atoms with van der Waals surface area (Å²) in [4.78, 5) is 29.5.